The van der Waals surface area contributed by atoms with Crippen LogP contribution < -0.4 is 5.32 Å². The standard InChI is InChI=1S/C25H25ClF2N2O5S/c1-12-3-14(5-16(4-12)36(2,33)34)25(32)30-21-6-13(21)7-22(30)24(31)29-23(15-10-35-11-15)17-8-20(28)18(26)9-19(17)27/h3-5,8-9,13,15,21-23H,6-7,10-11H2,1-2H3,(H,29,31)/t13-,21-,22-,23?/m1/s1. The highest BCUT2D eigenvalue weighted by Crippen LogP contribution is 2.48. The third-order valence-corrected chi connectivity index (χ3v) is 8.56. The lowest BCUT2D eigenvalue weighted by Gasteiger charge is -2.36. The number of hydrogen-bond donors (Lipinski definition) is 1. The second-order valence-electron chi connectivity index (χ2n) is 9.91. The number of hydrogen-bond acceptors (Lipinski definition) is 5. The number of likely N-dealkylation sites (tertiary alicyclic amines) is 1. The molecule has 2 saturated heterocycles. The van der Waals surface area contributed by atoms with Crippen LogP contribution in [0.2, 0.25) is 5.02 Å². The van der Waals surface area contributed by atoms with Gasteiger partial charge in [-0.25, -0.2) is 17.2 Å². The van der Waals surface area contributed by atoms with Crippen molar-refractivity contribution in [3.8, 4) is 0 Å². The van der Waals surface area contributed by atoms with Gasteiger partial charge >= 0.3 is 0 Å². The Morgan fingerprint density at radius 3 is 2.47 bits per heavy atom. The molecule has 3 aliphatic rings. The van der Waals surface area contributed by atoms with Crippen LogP contribution in [0.4, 0.5) is 8.78 Å². The molecule has 4 atom stereocenters. The van der Waals surface area contributed by atoms with Crippen molar-refractivity contribution in [1.82, 2.24) is 10.2 Å². The highest BCUT2D eigenvalue weighted by atomic mass is 35.5. The van der Waals surface area contributed by atoms with Crippen molar-refractivity contribution >= 4 is 33.3 Å². The van der Waals surface area contributed by atoms with E-state index in [2.05, 4.69) is 5.32 Å². The van der Waals surface area contributed by atoms with Gasteiger partial charge in [0.05, 0.1) is 29.2 Å². The molecule has 2 amide bonds. The van der Waals surface area contributed by atoms with Gasteiger partial charge in [0.15, 0.2) is 9.84 Å². The van der Waals surface area contributed by atoms with E-state index in [1.165, 1.54) is 17.0 Å². The second-order valence-corrected chi connectivity index (χ2v) is 12.3. The van der Waals surface area contributed by atoms with E-state index < -0.39 is 45.4 Å². The molecule has 2 aromatic rings. The number of piperidine rings is 1. The number of carbonyl (C=O) groups is 2. The van der Waals surface area contributed by atoms with Crippen molar-refractivity contribution in [3.63, 3.8) is 0 Å². The summed E-state index contributed by atoms with van der Waals surface area (Å²) in [6.45, 7) is 2.24. The van der Waals surface area contributed by atoms with Crippen molar-refractivity contribution in [1.29, 1.82) is 0 Å². The highest BCUT2D eigenvalue weighted by molar-refractivity contribution is 7.90. The Balaban J connectivity index is 1.42. The summed E-state index contributed by atoms with van der Waals surface area (Å²) >= 11 is 5.70. The van der Waals surface area contributed by atoms with E-state index in [0.29, 0.717) is 12.0 Å². The molecule has 2 heterocycles. The summed E-state index contributed by atoms with van der Waals surface area (Å²) in [5, 5.41) is 2.47. The van der Waals surface area contributed by atoms with E-state index in [4.69, 9.17) is 16.3 Å². The SMILES string of the molecule is Cc1cc(C(=O)N2[C@@H](C(=O)NC(c3cc(F)c(Cl)cc3F)C3COC3)C[C@H]3C[C@H]32)cc(S(C)(=O)=O)c1. The first-order chi connectivity index (χ1) is 16.9. The summed E-state index contributed by atoms with van der Waals surface area (Å²) in [6, 6.07) is 4.49. The third-order valence-electron chi connectivity index (χ3n) is 7.18. The number of benzene rings is 2. The molecular formula is C25H25ClF2N2O5S. The first kappa shape index (κ1) is 25.1. The summed E-state index contributed by atoms with van der Waals surface area (Å²) in [5.74, 6) is -2.54. The average Bonchev–Trinajstić information content (AvgIpc) is 3.42. The number of fused-ring (bicyclic) bond motifs is 1. The van der Waals surface area contributed by atoms with Gasteiger partial charge in [0.2, 0.25) is 5.91 Å². The minimum Gasteiger partial charge on any atom is -0.381 e. The zero-order chi connectivity index (χ0) is 25.9. The number of amides is 2. The maximum atomic E-state index is 14.7. The molecule has 36 heavy (non-hydrogen) atoms. The number of rotatable bonds is 6. The van der Waals surface area contributed by atoms with Crippen LogP contribution >= 0.6 is 11.6 Å². The van der Waals surface area contributed by atoms with Gasteiger partial charge in [-0.05, 0) is 61.6 Å². The van der Waals surface area contributed by atoms with Gasteiger partial charge in [-0.1, -0.05) is 11.6 Å². The predicted molar refractivity (Wildman–Crippen MR) is 127 cm³/mol. The average molecular weight is 539 g/mol. The van der Waals surface area contributed by atoms with Crippen LogP contribution in [0.3, 0.4) is 0 Å². The van der Waals surface area contributed by atoms with E-state index in [9.17, 15) is 26.8 Å². The van der Waals surface area contributed by atoms with E-state index in [1.807, 2.05) is 0 Å². The van der Waals surface area contributed by atoms with Gasteiger partial charge in [-0.3, -0.25) is 9.59 Å². The molecule has 1 N–H and O–H groups in total. The number of nitrogens with zero attached hydrogens (tertiary/aromatic N) is 1. The van der Waals surface area contributed by atoms with E-state index in [-0.39, 0.29) is 52.1 Å². The lowest BCUT2D eigenvalue weighted by molar-refractivity contribution is -0.128. The molecule has 0 spiro atoms. The zero-order valence-corrected chi connectivity index (χ0v) is 21.2. The summed E-state index contributed by atoms with van der Waals surface area (Å²) in [5.41, 5.74) is 0.769. The maximum Gasteiger partial charge on any atom is 0.254 e. The summed E-state index contributed by atoms with van der Waals surface area (Å²) in [6.07, 6.45) is 2.28. The van der Waals surface area contributed by atoms with Crippen molar-refractivity contribution < 1.29 is 31.5 Å². The van der Waals surface area contributed by atoms with Crippen LogP contribution in [0, 0.1) is 30.4 Å². The Morgan fingerprint density at radius 1 is 1.11 bits per heavy atom. The third kappa shape index (κ3) is 4.62. The summed E-state index contributed by atoms with van der Waals surface area (Å²) < 4.78 is 58.3. The molecule has 1 unspecified atom stereocenters. The molecule has 0 bridgehead atoms. The van der Waals surface area contributed by atoms with Crippen molar-refractivity contribution in [2.75, 3.05) is 19.5 Å². The first-order valence-electron chi connectivity index (χ1n) is 11.6. The predicted octanol–water partition coefficient (Wildman–Crippen LogP) is 3.44. The smallest absolute Gasteiger partial charge is 0.254 e. The minimum absolute atomic E-state index is 0.0312. The van der Waals surface area contributed by atoms with Crippen LogP contribution in [0.5, 0.6) is 0 Å². The number of nitrogens with one attached hydrogen (secondary N) is 1. The maximum absolute atomic E-state index is 14.7. The fraction of sp³-hybridized carbons (Fsp3) is 0.440. The Kier molecular flexibility index (Phi) is 6.33. The van der Waals surface area contributed by atoms with Gasteiger partial charge in [-0.15, -0.1) is 0 Å². The lowest BCUT2D eigenvalue weighted by Crippen LogP contribution is -2.51. The van der Waals surface area contributed by atoms with Crippen LogP contribution in [-0.2, 0) is 19.4 Å². The molecule has 1 saturated carbocycles. The first-order valence-corrected chi connectivity index (χ1v) is 13.9. The van der Waals surface area contributed by atoms with Crippen molar-refractivity contribution in [2.24, 2.45) is 11.8 Å². The van der Waals surface area contributed by atoms with E-state index >= 15 is 0 Å². The van der Waals surface area contributed by atoms with Gasteiger partial charge in [0.25, 0.3) is 5.91 Å². The molecule has 2 aromatic carbocycles. The van der Waals surface area contributed by atoms with Crippen LogP contribution in [0.25, 0.3) is 0 Å². The Hall–Kier alpha value is -2.56. The normalized spacial score (nSPS) is 24.1. The van der Waals surface area contributed by atoms with Crippen molar-refractivity contribution in [2.45, 2.75) is 42.8 Å². The van der Waals surface area contributed by atoms with Gasteiger partial charge in [-0.2, -0.15) is 0 Å². The number of aryl methyl sites for hydroxylation is 1. The molecule has 3 fully saturated rings. The lowest BCUT2D eigenvalue weighted by atomic mass is 9.90. The summed E-state index contributed by atoms with van der Waals surface area (Å²) in [4.78, 5) is 28.5. The molecular weight excluding hydrogens is 514 g/mol. The Morgan fingerprint density at radius 2 is 1.83 bits per heavy atom. The summed E-state index contributed by atoms with van der Waals surface area (Å²) in [7, 11) is -3.54. The molecule has 1 aliphatic carbocycles. The fourth-order valence-electron chi connectivity index (χ4n) is 5.14. The number of carbonyl (C=O) groups excluding carboxylic acids is 2. The van der Waals surface area contributed by atoms with Gasteiger partial charge in [0, 0.05) is 29.3 Å². The molecule has 5 rings (SSSR count). The van der Waals surface area contributed by atoms with Crippen LogP contribution in [0.15, 0.2) is 35.2 Å². The Bertz CT molecular complexity index is 1360. The van der Waals surface area contributed by atoms with Crippen LogP contribution in [-0.4, -0.2) is 56.7 Å². The van der Waals surface area contributed by atoms with E-state index in [1.54, 1.807) is 13.0 Å². The topological polar surface area (TPSA) is 92.8 Å². The fourth-order valence-corrected chi connectivity index (χ4v) is 6.03. The zero-order valence-electron chi connectivity index (χ0n) is 19.6. The van der Waals surface area contributed by atoms with Gasteiger partial charge in [0.1, 0.15) is 17.7 Å². The molecule has 0 aromatic heterocycles. The number of sulfone groups is 1. The molecule has 192 valence electrons. The molecule has 2 aliphatic heterocycles. The molecule has 0 radical (unpaired) electrons. The van der Waals surface area contributed by atoms with Crippen LogP contribution in [0.1, 0.15) is 40.4 Å². The molecule has 11 heteroatoms. The molecule has 7 nitrogen and oxygen atoms in total. The van der Waals surface area contributed by atoms with Crippen molar-refractivity contribution in [3.05, 3.63) is 63.7 Å². The minimum atomic E-state index is -3.54. The van der Waals surface area contributed by atoms with E-state index in [0.717, 1.165) is 24.8 Å². The number of halogens is 3. The largest absolute Gasteiger partial charge is 0.381 e. The Labute approximate surface area is 212 Å². The van der Waals surface area contributed by atoms with Gasteiger partial charge < -0.3 is 15.0 Å². The second kappa shape index (κ2) is 9.08. The number of ether oxygens (including phenoxy) is 1. The quantitative estimate of drug-likeness (QED) is 0.569. The highest BCUT2D eigenvalue weighted by Gasteiger charge is 2.56. The monoisotopic (exact) mass is 538 g/mol.